The molecule has 0 heterocycles. The van der Waals surface area contributed by atoms with Crippen LogP contribution in [0.2, 0.25) is 0 Å². The molecule has 0 atom stereocenters. The number of aryl methyl sites for hydroxylation is 2. The summed E-state index contributed by atoms with van der Waals surface area (Å²) in [5.74, 6) is -2.91. The monoisotopic (exact) mass is 361 g/mol. The van der Waals surface area contributed by atoms with Crippen molar-refractivity contribution in [2.75, 3.05) is 17.2 Å². The summed E-state index contributed by atoms with van der Waals surface area (Å²) in [6.07, 6.45) is 0.743. The van der Waals surface area contributed by atoms with Crippen LogP contribution in [0.15, 0.2) is 41.6 Å². The molecule has 0 unspecified atom stereocenters. The normalized spacial score (nSPS) is 10.6. The van der Waals surface area contributed by atoms with Gasteiger partial charge in [0.1, 0.15) is 17.8 Å². The number of anilines is 2. The molecule has 0 saturated carbocycles. The molecule has 0 aromatic heterocycles. The van der Waals surface area contributed by atoms with Crippen molar-refractivity contribution in [3.63, 3.8) is 0 Å². The van der Waals surface area contributed by atoms with Gasteiger partial charge in [0, 0.05) is 11.8 Å². The van der Waals surface area contributed by atoms with Crippen LogP contribution in [0.5, 0.6) is 0 Å². The number of hydrogen-bond donors (Lipinski definition) is 2. The van der Waals surface area contributed by atoms with Crippen molar-refractivity contribution >= 4 is 29.4 Å². The lowest BCUT2D eigenvalue weighted by Crippen LogP contribution is -2.18. The third-order valence-electron chi connectivity index (χ3n) is 3.29. The highest BCUT2D eigenvalue weighted by Gasteiger charge is 2.07. The van der Waals surface area contributed by atoms with Crippen molar-refractivity contribution in [3.05, 3.63) is 59.2 Å². The summed E-state index contributed by atoms with van der Waals surface area (Å²) in [4.78, 5) is 28.1. The topological polar surface area (TPSA) is 79.8 Å². The van der Waals surface area contributed by atoms with Gasteiger partial charge in [-0.15, -0.1) is 0 Å². The molecule has 0 aliphatic rings. The SMILES string of the molecule is Cc1ccc(NC(=O)CO/N=C/C(=O)Nc2ccc(F)cc2F)c(C)c1. The van der Waals surface area contributed by atoms with Gasteiger partial charge >= 0.3 is 0 Å². The van der Waals surface area contributed by atoms with Crippen molar-refractivity contribution in [3.8, 4) is 0 Å². The zero-order valence-corrected chi connectivity index (χ0v) is 14.2. The number of amides is 2. The van der Waals surface area contributed by atoms with Crippen LogP contribution < -0.4 is 10.6 Å². The van der Waals surface area contributed by atoms with E-state index in [0.29, 0.717) is 11.8 Å². The Morgan fingerprint density at radius 3 is 2.50 bits per heavy atom. The first kappa shape index (κ1) is 19.0. The highest BCUT2D eigenvalue weighted by atomic mass is 19.1. The summed E-state index contributed by atoms with van der Waals surface area (Å²) in [5.41, 5.74) is 2.43. The molecule has 136 valence electrons. The van der Waals surface area contributed by atoms with Gasteiger partial charge in [0.25, 0.3) is 11.8 Å². The fraction of sp³-hybridized carbons (Fsp3) is 0.167. The summed E-state index contributed by atoms with van der Waals surface area (Å²) in [7, 11) is 0. The van der Waals surface area contributed by atoms with Crippen LogP contribution in [-0.2, 0) is 14.4 Å². The maximum Gasteiger partial charge on any atom is 0.270 e. The molecule has 0 fully saturated rings. The van der Waals surface area contributed by atoms with Crippen LogP contribution in [0, 0.1) is 25.5 Å². The lowest BCUT2D eigenvalue weighted by Gasteiger charge is -2.08. The van der Waals surface area contributed by atoms with E-state index in [-0.39, 0.29) is 5.69 Å². The van der Waals surface area contributed by atoms with Crippen LogP contribution in [0.25, 0.3) is 0 Å². The lowest BCUT2D eigenvalue weighted by atomic mass is 10.1. The van der Waals surface area contributed by atoms with E-state index in [0.717, 1.165) is 29.5 Å². The molecule has 2 aromatic carbocycles. The van der Waals surface area contributed by atoms with Crippen LogP contribution in [0.3, 0.4) is 0 Å². The number of nitrogens with zero attached hydrogens (tertiary/aromatic N) is 1. The summed E-state index contributed by atoms with van der Waals surface area (Å²) < 4.78 is 26.2. The molecule has 2 N–H and O–H groups in total. The van der Waals surface area contributed by atoms with Gasteiger partial charge in [-0.1, -0.05) is 22.9 Å². The number of nitrogens with one attached hydrogen (secondary N) is 2. The average Bonchev–Trinajstić information content (AvgIpc) is 2.57. The Morgan fingerprint density at radius 2 is 1.81 bits per heavy atom. The summed E-state index contributed by atoms with van der Waals surface area (Å²) in [6.45, 7) is 3.40. The first-order valence-electron chi connectivity index (χ1n) is 7.63. The van der Waals surface area contributed by atoms with E-state index in [4.69, 9.17) is 4.84 Å². The maximum atomic E-state index is 13.4. The van der Waals surface area contributed by atoms with E-state index in [1.54, 1.807) is 6.07 Å². The van der Waals surface area contributed by atoms with Crippen molar-refractivity contribution in [2.45, 2.75) is 13.8 Å². The molecule has 2 aromatic rings. The predicted molar refractivity (Wildman–Crippen MR) is 94.0 cm³/mol. The minimum Gasteiger partial charge on any atom is -0.385 e. The van der Waals surface area contributed by atoms with Gasteiger partial charge in [-0.25, -0.2) is 8.78 Å². The Morgan fingerprint density at radius 1 is 1.08 bits per heavy atom. The highest BCUT2D eigenvalue weighted by molar-refractivity contribution is 6.31. The van der Waals surface area contributed by atoms with E-state index < -0.39 is 30.1 Å². The first-order chi connectivity index (χ1) is 12.3. The quantitative estimate of drug-likeness (QED) is 0.613. The Bertz CT molecular complexity index is 854. The third-order valence-corrected chi connectivity index (χ3v) is 3.29. The molecule has 8 heteroatoms. The Labute approximate surface area is 148 Å². The number of benzene rings is 2. The molecular formula is C18H17F2N3O3. The van der Waals surface area contributed by atoms with Crippen molar-refractivity contribution in [1.29, 1.82) is 0 Å². The minimum absolute atomic E-state index is 0.199. The molecular weight excluding hydrogens is 344 g/mol. The largest absolute Gasteiger partial charge is 0.385 e. The van der Waals surface area contributed by atoms with E-state index >= 15 is 0 Å². The second-order valence-corrected chi connectivity index (χ2v) is 5.49. The van der Waals surface area contributed by atoms with Gasteiger partial charge in [0.05, 0.1) is 5.69 Å². The van der Waals surface area contributed by atoms with Crippen molar-refractivity contribution in [1.82, 2.24) is 0 Å². The van der Waals surface area contributed by atoms with Crippen LogP contribution in [0.1, 0.15) is 11.1 Å². The van der Waals surface area contributed by atoms with E-state index in [9.17, 15) is 18.4 Å². The van der Waals surface area contributed by atoms with Gasteiger partial charge in [0.2, 0.25) is 0 Å². The zero-order valence-electron chi connectivity index (χ0n) is 14.2. The smallest absolute Gasteiger partial charge is 0.270 e. The van der Waals surface area contributed by atoms with Crippen LogP contribution in [0.4, 0.5) is 20.2 Å². The first-order valence-corrected chi connectivity index (χ1v) is 7.63. The van der Waals surface area contributed by atoms with Gasteiger partial charge in [-0.2, -0.15) is 0 Å². The van der Waals surface area contributed by atoms with Gasteiger partial charge < -0.3 is 15.5 Å². The molecule has 0 radical (unpaired) electrons. The number of oxime groups is 1. The van der Waals surface area contributed by atoms with E-state index in [2.05, 4.69) is 15.8 Å². The zero-order chi connectivity index (χ0) is 19.1. The third kappa shape index (κ3) is 5.66. The van der Waals surface area contributed by atoms with Gasteiger partial charge in [-0.3, -0.25) is 9.59 Å². The number of hydrogen-bond acceptors (Lipinski definition) is 4. The molecule has 6 nitrogen and oxygen atoms in total. The van der Waals surface area contributed by atoms with Crippen molar-refractivity contribution < 1.29 is 23.2 Å². The van der Waals surface area contributed by atoms with Crippen LogP contribution >= 0.6 is 0 Å². The molecule has 2 amide bonds. The molecule has 0 aliphatic carbocycles. The fourth-order valence-electron chi connectivity index (χ4n) is 2.08. The Balaban J connectivity index is 1.79. The number of carbonyl (C=O) groups excluding carboxylic acids is 2. The van der Waals surface area contributed by atoms with Crippen molar-refractivity contribution in [2.24, 2.45) is 5.16 Å². The predicted octanol–water partition coefficient (Wildman–Crippen LogP) is 3.16. The van der Waals surface area contributed by atoms with Crippen LogP contribution in [-0.4, -0.2) is 24.6 Å². The highest BCUT2D eigenvalue weighted by Crippen LogP contribution is 2.16. The molecule has 0 saturated heterocycles. The molecule has 0 aliphatic heterocycles. The standard InChI is InChI=1S/C18H17F2N3O3/c1-11-3-5-15(12(2)7-11)22-18(25)10-26-21-9-17(24)23-16-6-4-13(19)8-14(16)20/h3-9H,10H2,1-2H3,(H,22,25)(H,23,24)/b21-9+. The number of halogens is 2. The van der Waals surface area contributed by atoms with E-state index in [1.807, 2.05) is 26.0 Å². The minimum atomic E-state index is -0.916. The number of rotatable bonds is 6. The lowest BCUT2D eigenvalue weighted by molar-refractivity contribution is -0.120. The molecule has 2 rings (SSSR count). The maximum absolute atomic E-state index is 13.4. The van der Waals surface area contributed by atoms with Gasteiger partial charge in [0.15, 0.2) is 6.61 Å². The molecule has 0 spiro atoms. The summed E-state index contributed by atoms with van der Waals surface area (Å²) >= 11 is 0. The summed E-state index contributed by atoms with van der Waals surface area (Å²) in [5, 5.41) is 8.16. The van der Waals surface area contributed by atoms with E-state index in [1.165, 1.54) is 0 Å². The number of carbonyl (C=O) groups is 2. The Kier molecular flexibility index (Phi) is 6.37. The second-order valence-electron chi connectivity index (χ2n) is 5.49. The molecule has 0 bridgehead atoms. The summed E-state index contributed by atoms with van der Waals surface area (Å²) in [6, 6.07) is 8.28. The second kappa shape index (κ2) is 8.70. The Hall–Kier alpha value is -3.29. The van der Waals surface area contributed by atoms with Gasteiger partial charge in [-0.05, 0) is 37.6 Å². The molecule has 26 heavy (non-hydrogen) atoms. The average molecular weight is 361 g/mol. The fourth-order valence-corrected chi connectivity index (χ4v) is 2.08.